The van der Waals surface area contributed by atoms with Gasteiger partial charge in [-0.1, -0.05) is 52.5 Å². The molecule has 0 atom stereocenters. The standard InChI is InChI=1S/C13H7Cl4NO2/c1-20-13(19)12-8(4-6(14)5-18-12)7-2-3-9(15)11(17)10(7)16/h2-5H,1H3. The van der Waals surface area contributed by atoms with Crippen LogP contribution < -0.4 is 0 Å². The van der Waals surface area contributed by atoms with E-state index in [1.165, 1.54) is 13.3 Å². The Morgan fingerprint density at radius 3 is 2.45 bits per heavy atom. The first-order valence-corrected chi connectivity index (χ1v) is 6.84. The Kier molecular flexibility index (Phi) is 4.76. The molecule has 0 spiro atoms. The van der Waals surface area contributed by atoms with Crippen molar-refractivity contribution in [2.75, 3.05) is 7.11 Å². The zero-order chi connectivity index (χ0) is 14.9. The Hall–Kier alpha value is -1.000. The summed E-state index contributed by atoms with van der Waals surface area (Å²) in [6, 6.07) is 4.77. The second kappa shape index (κ2) is 6.19. The summed E-state index contributed by atoms with van der Waals surface area (Å²) in [5.41, 5.74) is 1.02. The van der Waals surface area contributed by atoms with Gasteiger partial charge in [0.2, 0.25) is 0 Å². The molecule has 2 rings (SSSR count). The van der Waals surface area contributed by atoms with Gasteiger partial charge in [-0.15, -0.1) is 0 Å². The third-order valence-electron chi connectivity index (χ3n) is 2.56. The molecule has 0 N–H and O–H groups in total. The Morgan fingerprint density at radius 1 is 1.10 bits per heavy atom. The topological polar surface area (TPSA) is 39.2 Å². The number of rotatable bonds is 2. The molecule has 0 bridgehead atoms. The van der Waals surface area contributed by atoms with E-state index in [9.17, 15) is 4.79 Å². The Labute approximate surface area is 135 Å². The van der Waals surface area contributed by atoms with Crippen LogP contribution in [0.15, 0.2) is 24.4 Å². The van der Waals surface area contributed by atoms with Crippen molar-refractivity contribution in [3.8, 4) is 11.1 Å². The average molecular weight is 351 g/mol. The Bertz CT molecular complexity index is 688. The van der Waals surface area contributed by atoms with Gasteiger partial charge in [-0.3, -0.25) is 0 Å². The molecule has 1 aromatic heterocycles. The average Bonchev–Trinajstić information content (AvgIpc) is 2.44. The maximum absolute atomic E-state index is 11.8. The van der Waals surface area contributed by atoms with Crippen molar-refractivity contribution in [1.82, 2.24) is 4.98 Å². The van der Waals surface area contributed by atoms with Gasteiger partial charge in [0.1, 0.15) is 0 Å². The van der Waals surface area contributed by atoms with Gasteiger partial charge < -0.3 is 4.74 Å². The predicted molar refractivity (Wildman–Crippen MR) is 81.1 cm³/mol. The van der Waals surface area contributed by atoms with Crippen LogP contribution in [0.1, 0.15) is 10.5 Å². The van der Waals surface area contributed by atoms with Gasteiger partial charge in [-0.05, 0) is 12.1 Å². The zero-order valence-corrected chi connectivity index (χ0v) is 13.1. The van der Waals surface area contributed by atoms with E-state index in [1.54, 1.807) is 18.2 Å². The minimum absolute atomic E-state index is 0.0946. The summed E-state index contributed by atoms with van der Waals surface area (Å²) in [5.74, 6) is -0.598. The van der Waals surface area contributed by atoms with E-state index >= 15 is 0 Å². The number of hydrogen-bond donors (Lipinski definition) is 0. The predicted octanol–water partition coefficient (Wildman–Crippen LogP) is 5.15. The number of nitrogens with zero attached hydrogens (tertiary/aromatic N) is 1. The summed E-state index contributed by atoms with van der Waals surface area (Å²) in [6.07, 6.45) is 1.35. The van der Waals surface area contributed by atoms with Gasteiger partial charge in [0, 0.05) is 17.3 Å². The van der Waals surface area contributed by atoms with Crippen LogP contribution in [0.3, 0.4) is 0 Å². The summed E-state index contributed by atoms with van der Waals surface area (Å²) in [7, 11) is 1.26. The third-order valence-corrected chi connectivity index (χ3v) is 4.06. The Morgan fingerprint density at radius 2 is 1.80 bits per heavy atom. The van der Waals surface area contributed by atoms with Gasteiger partial charge in [0.15, 0.2) is 5.69 Å². The quantitative estimate of drug-likeness (QED) is 0.555. The molecule has 0 saturated carbocycles. The maximum Gasteiger partial charge on any atom is 0.357 e. The fraction of sp³-hybridized carbons (Fsp3) is 0.0769. The second-order valence-corrected chi connectivity index (χ2v) is 5.36. The highest BCUT2D eigenvalue weighted by molar-refractivity contribution is 6.49. The fourth-order valence-corrected chi connectivity index (χ4v) is 2.43. The van der Waals surface area contributed by atoms with E-state index < -0.39 is 5.97 Å². The lowest BCUT2D eigenvalue weighted by Crippen LogP contribution is -2.06. The van der Waals surface area contributed by atoms with Crippen molar-refractivity contribution >= 4 is 52.4 Å². The molecule has 1 aromatic carbocycles. The molecular weight excluding hydrogens is 344 g/mol. The number of halogens is 4. The number of carbonyl (C=O) groups excluding carboxylic acids is 1. The number of methoxy groups -OCH3 is 1. The van der Waals surface area contributed by atoms with Crippen LogP contribution in [0, 0.1) is 0 Å². The number of esters is 1. The summed E-state index contributed by atoms with van der Waals surface area (Å²) in [5, 5.41) is 1.08. The van der Waals surface area contributed by atoms with E-state index in [0.29, 0.717) is 21.2 Å². The molecule has 3 nitrogen and oxygen atoms in total. The van der Waals surface area contributed by atoms with Crippen LogP contribution in [-0.4, -0.2) is 18.1 Å². The first-order valence-electron chi connectivity index (χ1n) is 5.33. The number of hydrogen-bond acceptors (Lipinski definition) is 3. The van der Waals surface area contributed by atoms with Crippen LogP contribution in [0.4, 0.5) is 0 Å². The van der Waals surface area contributed by atoms with Gasteiger partial charge >= 0.3 is 5.97 Å². The molecule has 2 aromatic rings. The first kappa shape index (κ1) is 15.4. The smallest absolute Gasteiger partial charge is 0.357 e. The molecular formula is C13H7Cl4NO2. The van der Waals surface area contributed by atoms with Gasteiger partial charge in [-0.25, -0.2) is 9.78 Å². The minimum Gasteiger partial charge on any atom is -0.464 e. The number of ether oxygens (including phenoxy) is 1. The molecule has 20 heavy (non-hydrogen) atoms. The molecule has 1 heterocycles. The van der Waals surface area contributed by atoms with Crippen LogP contribution in [-0.2, 0) is 4.74 Å². The lowest BCUT2D eigenvalue weighted by molar-refractivity contribution is 0.0595. The van der Waals surface area contributed by atoms with Gasteiger partial charge in [0.05, 0.1) is 27.2 Å². The minimum atomic E-state index is -0.598. The molecule has 0 aliphatic heterocycles. The van der Waals surface area contributed by atoms with Crippen molar-refractivity contribution in [1.29, 1.82) is 0 Å². The lowest BCUT2D eigenvalue weighted by Gasteiger charge is -2.11. The van der Waals surface area contributed by atoms with E-state index in [0.717, 1.165) is 0 Å². The highest BCUT2D eigenvalue weighted by Gasteiger charge is 2.19. The van der Waals surface area contributed by atoms with Crippen molar-refractivity contribution < 1.29 is 9.53 Å². The Balaban J connectivity index is 2.72. The monoisotopic (exact) mass is 349 g/mol. The van der Waals surface area contributed by atoms with Crippen molar-refractivity contribution in [3.63, 3.8) is 0 Å². The van der Waals surface area contributed by atoms with E-state index in [2.05, 4.69) is 9.72 Å². The number of benzene rings is 1. The summed E-state index contributed by atoms with van der Waals surface area (Å²) in [4.78, 5) is 15.7. The van der Waals surface area contributed by atoms with E-state index in [-0.39, 0.29) is 15.7 Å². The van der Waals surface area contributed by atoms with Crippen molar-refractivity contribution in [2.45, 2.75) is 0 Å². The van der Waals surface area contributed by atoms with E-state index in [1.807, 2.05) is 0 Å². The maximum atomic E-state index is 11.8. The molecule has 0 saturated heterocycles. The van der Waals surface area contributed by atoms with Crippen LogP contribution in [0.25, 0.3) is 11.1 Å². The molecule has 7 heteroatoms. The van der Waals surface area contributed by atoms with Crippen LogP contribution in [0.5, 0.6) is 0 Å². The highest BCUT2D eigenvalue weighted by atomic mass is 35.5. The van der Waals surface area contributed by atoms with E-state index in [4.69, 9.17) is 46.4 Å². The second-order valence-electron chi connectivity index (χ2n) is 3.76. The fourth-order valence-electron chi connectivity index (χ4n) is 1.64. The summed E-state index contributed by atoms with van der Waals surface area (Å²) in [6.45, 7) is 0. The van der Waals surface area contributed by atoms with Crippen molar-refractivity contribution in [3.05, 3.63) is 50.2 Å². The highest BCUT2D eigenvalue weighted by Crippen LogP contribution is 2.39. The van der Waals surface area contributed by atoms with Gasteiger partial charge in [-0.2, -0.15) is 0 Å². The van der Waals surface area contributed by atoms with Crippen LogP contribution in [0.2, 0.25) is 20.1 Å². The molecule has 104 valence electrons. The number of carbonyl (C=O) groups is 1. The lowest BCUT2D eigenvalue weighted by atomic mass is 10.0. The van der Waals surface area contributed by atoms with Crippen LogP contribution >= 0.6 is 46.4 Å². The molecule has 0 fully saturated rings. The third kappa shape index (κ3) is 2.86. The van der Waals surface area contributed by atoms with Crippen molar-refractivity contribution in [2.24, 2.45) is 0 Å². The largest absolute Gasteiger partial charge is 0.464 e. The summed E-state index contributed by atoms with van der Waals surface area (Å²) < 4.78 is 4.69. The number of aromatic nitrogens is 1. The zero-order valence-electron chi connectivity index (χ0n) is 10.1. The summed E-state index contributed by atoms with van der Waals surface area (Å²) >= 11 is 24.0. The van der Waals surface area contributed by atoms with Gasteiger partial charge in [0.25, 0.3) is 0 Å². The number of pyridine rings is 1. The molecule has 0 unspecified atom stereocenters. The normalized spacial score (nSPS) is 10.4. The molecule has 0 aliphatic carbocycles. The molecule has 0 amide bonds. The molecule has 0 aliphatic rings. The first-order chi connectivity index (χ1) is 9.45. The SMILES string of the molecule is COC(=O)c1ncc(Cl)cc1-c1ccc(Cl)c(Cl)c1Cl. The molecule has 0 radical (unpaired) electrons.